The number of nitro groups is 1. The number of nitro benzene ring substituents is 1. The zero-order valence-electron chi connectivity index (χ0n) is 9.84. The Morgan fingerprint density at radius 3 is 2.75 bits per heavy atom. The second-order valence-electron chi connectivity index (χ2n) is 3.73. The summed E-state index contributed by atoms with van der Waals surface area (Å²) in [6, 6.07) is 9.61. The number of rotatable bonds is 3. The van der Waals surface area contributed by atoms with Gasteiger partial charge in [0.25, 0.3) is 5.69 Å². The van der Waals surface area contributed by atoms with Gasteiger partial charge in [0.15, 0.2) is 0 Å². The van der Waals surface area contributed by atoms with Crippen LogP contribution in [0.15, 0.2) is 40.9 Å². The van der Waals surface area contributed by atoms with Crippen molar-refractivity contribution in [2.24, 2.45) is 0 Å². The molecule has 0 fully saturated rings. The summed E-state index contributed by atoms with van der Waals surface area (Å²) in [5.74, 6) is -0.581. The number of non-ortho nitro benzene ring substituents is 1. The maximum Gasteiger partial charge on any atom is 0.274 e. The van der Waals surface area contributed by atoms with Gasteiger partial charge in [0.2, 0.25) is 0 Å². The maximum absolute atomic E-state index is 13.4. The van der Waals surface area contributed by atoms with Gasteiger partial charge in [-0.3, -0.25) is 10.1 Å². The highest BCUT2D eigenvalue weighted by molar-refractivity contribution is 9.10. The SMILES string of the molecule is N#Cc1c(F)cccc1Oc1cc(Br)cc([N+](=O)[O-])c1. The summed E-state index contributed by atoms with van der Waals surface area (Å²) in [4.78, 5) is 10.2. The molecule has 0 radical (unpaired) electrons. The van der Waals surface area contributed by atoms with Crippen molar-refractivity contribution in [1.82, 2.24) is 0 Å². The summed E-state index contributed by atoms with van der Waals surface area (Å²) in [5, 5.41) is 19.6. The van der Waals surface area contributed by atoms with Crippen molar-refractivity contribution in [3.05, 3.63) is 62.4 Å². The number of ether oxygens (including phenoxy) is 1. The third kappa shape index (κ3) is 2.92. The average molecular weight is 337 g/mol. The molecule has 5 nitrogen and oxygen atoms in total. The van der Waals surface area contributed by atoms with E-state index in [9.17, 15) is 14.5 Å². The normalized spacial score (nSPS) is 9.85. The summed E-state index contributed by atoms with van der Waals surface area (Å²) in [7, 11) is 0. The number of halogens is 2. The lowest BCUT2D eigenvalue weighted by Crippen LogP contribution is -1.93. The van der Waals surface area contributed by atoms with Crippen molar-refractivity contribution in [2.75, 3.05) is 0 Å². The van der Waals surface area contributed by atoms with Crippen LogP contribution >= 0.6 is 15.9 Å². The van der Waals surface area contributed by atoms with Crippen LogP contribution in [0.4, 0.5) is 10.1 Å². The molecule has 0 atom stereocenters. The van der Waals surface area contributed by atoms with Gasteiger partial charge in [-0.25, -0.2) is 4.39 Å². The fraction of sp³-hybridized carbons (Fsp3) is 0. The third-order valence-electron chi connectivity index (χ3n) is 2.38. The monoisotopic (exact) mass is 336 g/mol. The predicted molar refractivity (Wildman–Crippen MR) is 72.0 cm³/mol. The van der Waals surface area contributed by atoms with Crippen molar-refractivity contribution in [2.45, 2.75) is 0 Å². The number of benzene rings is 2. The average Bonchev–Trinajstić information content (AvgIpc) is 2.38. The molecule has 100 valence electrons. The molecule has 0 spiro atoms. The highest BCUT2D eigenvalue weighted by Gasteiger charge is 2.13. The summed E-state index contributed by atoms with van der Waals surface area (Å²) in [6.45, 7) is 0. The number of nitrogens with zero attached hydrogens (tertiary/aromatic N) is 2. The molecule has 0 aliphatic rings. The van der Waals surface area contributed by atoms with Crippen molar-refractivity contribution in [1.29, 1.82) is 5.26 Å². The predicted octanol–water partition coefficient (Wildman–Crippen LogP) is 4.16. The van der Waals surface area contributed by atoms with E-state index in [0.717, 1.165) is 6.07 Å². The molecule has 0 aliphatic carbocycles. The molecule has 0 amide bonds. The lowest BCUT2D eigenvalue weighted by molar-refractivity contribution is -0.385. The minimum atomic E-state index is -0.713. The first-order valence-electron chi connectivity index (χ1n) is 5.32. The van der Waals surface area contributed by atoms with Gasteiger partial charge in [-0.1, -0.05) is 22.0 Å². The minimum Gasteiger partial charge on any atom is -0.456 e. The third-order valence-corrected chi connectivity index (χ3v) is 2.84. The van der Waals surface area contributed by atoms with Crippen LogP contribution in [0.3, 0.4) is 0 Å². The van der Waals surface area contributed by atoms with Gasteiger partial charge in [-0.15, -0.1) is 0 Å². The molecule has 0 aliphatic heterocycles. The molecular formula is C13H6BrFN2O3. The van der Waals surface area contributed by atoms with Crippen molar-refractivity contribution in [3.8, 4) is 17.6 Å². The first kappa shape index (κ1) is 14.0. The number of nitriles is 1. The Balaban J connectivity index is 2.43. The molecule has 0 saturated carbocycles. The molecular weight excluding hydrogens is 331 g/mol. The van der Waals surface area contributed by atoms with Crippen LogP contribution < -0.4 is 4.74 Å². The highest BCUT2D eigenvalue weighted by atomic mass is 79.9. The maximum atomic E-state index is 13.4. The Morgan fingerprint density at radius 1 is 1.35 bits per heavy atom. The number of hydrogen-bond donors (Lipinski definition) is 0. The summed E-state index contributed by atoms with van der Waals surface area (Å²) in [6.07, 6.45) is 0. The van der Waals surface area contributed by atoms with Gasteiger partial charge in [0.1, 0.15) is 28.9 Å². The lowest BCUT2D eigenvalue weighted by atomic mass is 10.2. The molecule has 0 bridgehead atoms. The van der Waals surface area contributed by atoms with E-state index in [1.165, 1.54) is 30.3 Å². The second kappa shape index (κ2) is 5.67. The van der Waals surface area contributed by atoms with E-state index >= 15 is 0 Å². The Morgan fingerprint density at radius 2 is 2.10 bits per heavy atom. The van der Waals surface area contributed by atoms with Gasteiger partial charge < -0.3 is 4.74 Å². The van der Waals surface area contributed by atoms with Gasteiger partial charge >= 0.3 is 0 Å². The molecule has 0 N–H and O–H groups in total. The highest BCUT2D eigenvalue weighted by Crippen LogP contribution is 2.31. The van der Waals surface area contributed by atoms with E-state index in [1.807, 2.05) is 0 Å². The van der Waals surface area contributed by atoms with Crippen LogP contribution in [-0.2, 0) is 0 Å². The van der Waals surface area contributed by atoms with Crippen molar-refractivity contribution in [3.63, 3.8) is 0 Å². The Hall–Kier alpha value is -2.46. The van der Waals surface area contributed by atoms with E-state index in [-0.39, 0.29) is 22.7 Å². The lowest BCUT2D eigenvalue weighted by Gasteiger charge is -2.08. The van der Waals surface area contributed by atoms with Gasteiger partial charge in [-0.2, -0.15) is 5.26 Å². The van der Waals surface area contributed by atoms with Crippen LogP contribution in [0.5, 0.6) is 11.5 Å². The zero-order chi connectivity index (χ0) is 14.7. The van der Waals surface area contributed by atoms with Crippen LogP contribution in [0, 0.1) is 27.3 Å². The molecule has 0 unspecified atom stereocenters. The molecule has 0 heterocycles. The first-order valence-corrected chi connectivity index (χ1v) is 6.12. The molecule has 2 aromatic rings. The van der Waals surface area contributed by atoms with E-state index in [4.69, 9.17) is 10.00 Å². The topological polar surface area (TPSA) is 76.2 Å². The van der Waals surface area contributed by atoms with Gasteiger partial charge in [0, 0.05) is 10.5 Å². The zero-order valence-corrected chi connectivity index (χ0v) is 11.4. The Bertz CT molecular complexity index is 728. The van der Waals surface area contributed by atoms with Crippen LogP contribution in [0.2, 0.25) is 0 Å². The van der Waals surface area contributed by atoms with Crippen LogP contribution in [-0.4, -0.2) is 4.92 Å². The van der Waals surface area contributed by atoms with Crippen LogP contribution in [0.1, 0.15) is 5.56 Å². The van der Waals surface area contributed by atoms with Crippen molar-refractivity contribution >= 4 is 21.6 Å². The van der Waals surface area contributed by atoms with E-state index in [1.54, 1.807) is 6.07 Å². The van der Waals surface area contributed by atoms with Gasteiger partial charge in [-0.05, 0) is 18.2 Å². The van der Waals surface area contributed by atoms with E-state index in [0.29, 0.717) is 4.47 Å². The van der Waals surface area contributed by atoms with E-state index < -0.39 is 10.7 Å². The molecule has 0 saturated heterocycles. The standard InChI is InChI=1S/C13H6BrFN2O3/c14-8-4-9(17(18)19)6-10(5-8)20-13-3-1-2-12(15)11(13)7-16/h1-6H. The molecule has 0 aromatic heterocycles. The molecule has 2 rings (SSSR count). The largest absolute Gasteiger partial charge is 0.456 e. The quantitative estimate of drug-likeness (QED) is 0.622. The van der Waals surface area contributed by atoms with E-state index in [2.05, 4.69) is 15.9 Å². The van der Waals surface area contributed by atoms with Gasteiger partial charge in [0.05, 0.1) is 11.0 Å². The smallest absolute Gasteiger partial charge is 0.274 e. The number of hydrogen-bond acceptors (Lipinski definition) is 4. The fourth-order valence-electron chi connectivity index (χ4n) is 1.54. The summed E-state index contributed by atoms with van der Waals surface area (Å²) >= 11 is 3.12. The summed E-state index contributed by atoms with van der Waals surface area (Å²) in [5.41, 5.74) is -0.431. The van der Waals surface area contributed by atoms with Crippen molar-refractivity contribution < 1.29 is 14.1 Å². The fourth-order valence-corrected chi connectivity index (χ4v) is 2.00. The first-order chi connectivity index (χ1) is 9.51. The Kier molecular flexibility index (Phi) is 3.96. The summed E-state index contributed by atoms with van der Waals surface area (Å²) < 4.78 is 19.2. The second-order valence-corrected chi connectivity index (χ2v) is 4.64. The molecule has 20 heavy (non-hydrogen) atoms. The van der Waals surface area contributed by atoms with Crippen LogP contribution in [0.25, 0.3) is 0 Å². The minimum absolute atomic E-state index is 0.0000945. The molecule has 2 aromatic carbocycles. The Labute approximate surface area is 121 Å². The molecule has 7 heteroatoms.